The average Bonchev–Trinajstić information content (AvgIpc) is 2.52. The fourth-order valence-corrected chi connectivity index (χ4v) is 2.69. The van der Waals surface area contributed by atoms with Crippen molar-refractivity contribution in [1.82, 2.24) is 10.2 Å². The Hall–Kier alpha value is -0.970. The fourth-order valence-electron chi connectivity index (χ4n) is 2.69. The molecule has 1 N–H and O–H groups in total. The van der Waals surface area contributed by atoms with Crippen molar-refractivity contribution in [3.63, 3.8) is 0 Å². The van der Waals surface area contributed by atoms with Crippen LogP contribution in [0.1, 0.15) is 37.0 Å². The Kier molecular flexibility index (Phi) is 10.3. The summed E-state index contributed by atoms with van der Waals surface area (Å²) in [6.45, 7) is 7.90. The molecule has 1 atom stereocenters. The first kappa shape index (κ1) is 22.0. The van der Waals surface area contributed by atoms with Gasteiger partial charge < -0.3 is 15.1 Å². The molecule has 0 saturated carbocycles. The highest BCUT2D eigenvalue weighted by atomic mass is 35.5. The Balaban J connectivity index is 0.00000242. The number of rotatable bonds is 5. The lowest BCUT2D eigenvalue weighted by molar-refractivity contribution is 0.0656. The number of nitrogens with zero attached hydrogens (tertiary/aromatic N) is 2. The normalized spacial score (nSPS) is 17.0. The van der Waals surface area contributed by atoms with E-state index in [1.807, 2.05) is 17.0 Å². The molecule has 1 heterocycles. The largest absolute Gasteiger partial charge is 0.375 e. The van der Waals surface area contributed by atoms with E-state index in [0.29, 0.717) is 0 Å². The zero-order chi connectivity index (χ0) is 15.2. The second-order valence-electron chi connectivity index (χ2n) is 5.87. The Morgan fingerprint density at radius 2 is 1.96 bits per heavy atom. The van der Waals surface area contributed by atoms with E-state index in [-0.39, 0.29) is 36.8 Å². The quantitative estimate of drug-likeness (QED) is 0.874. The standard InChI is InChI=1S/C17H27N3O.2ClH/c1-4-5-11-19(3)16-8-6-15(7-9-16)17(21)20-12-10-18-13-14(20)2;;/h6-9,14,18H,4-5,10-13H2,1-3H3;2*1H. The zero-order valence-electron chi connectivity index (χ0n) is 14.2. The van der Waals surface area contributed by atoms with Gasteiger partial charge in [-0.25, -0.2) is 0 Å². The van der Waals surface area contributed by atoms with Crippen LogP contribution in [0.15, 0.2) is 24.3 Å². The number of unbranched alkanes of at least 4 members (excludes halogenated alkanes) is 1. The zero-order valence-corrected chi connectivity index (χ0v) is 15.9. The predicted molar refractivity (Wildman–Crippen MR) is 102 cm³/mol. The molecule has 0 spiro atoms. The molecule has 1 amide bonds. The van der Waals surface area contributed by atoms with E-state index in [4.69, 9.17) is 0 Å². The summed E-state index contributed by atoms with van der Waals surface area (Å²) in [5.74, 6) is 0.145. The number of nitrogens with one attached hydrogen (secondary N) is 1. The van der Waals surface area contributed by atoms with Gasteiger partial charge in [-0.15, -0.1) is 24.8 Å². The van der Waals surface area contributed by atoms with Gasteiger partial charge in [-0.3, -0.25) is 4.79 Å². The summed E-state index contributed by atoms with van der Waals surface area (Å²) in [6, 6.07) is 8.27. The van der Waals surface area contributed by atoms with Crippen LogP contribution >= 0.6 is 24.8 Å². The third-order valence-corrected chi connectivity index (χ3v) is 4.16. The van der Waals surface area contributed by atoms with Gasteiger partial charge in [-0.1, -0.05) is 13.3 Å². The minimum Gasteiger partial charge on any atom is -0.375 e. The van der Waals surface area contributed by atoms with Gasteiger partial charge in [0.1, 0.15) is 0 Å². The van der Waals surface area contributed by atoms with E-state index in [0.717, 1.165) is 31.7 Å². The van der Waals surface area contributed by atoms with Crippen molar-refractivity contribution in [2.75, 3.05) is 38.1 Å². The maximum atomic E-state index is 12.5. The van der Waals surface area contributed by atoms with Crippen LogP contribution in [0.5, 0.6) is 0 Å². The topological polar surface area (TPSA) is 35.6 Å². The molecule has 0 bridgehead atoms. The van der Waals surface area contributed by atoms with Crippen molar-refractivity contribution in [3.8, 4) is 0 Å². The Morgan fingerprint density at radius 1 is 1.30 bits per heavy atom. The van der Waals surface area contributed by atoms with Crippen LogP contribution < -0.4 is 10.2 Å². The molecular formula is C17H29Cl2N3O. The minimum absolute atomic E-state index is 0. The molecule has 2 rings (SSSR count). The summed E-state index contributed by atoms with van der Waals surface area (Å²) in [7, 11) is 2.10. The molecule has 1 aliphatic rings. The molecule has 1 unspecified atom stereocenters. The third kappa shape index (κ3) is 5.87. The molecular weight excluding hydrogens is 333 g/mol. The Bertz CT molecular complexity index is 467. The molecule has 0 radical (unpaired) electrons. The molecule has 0 aliphatic carbocycles. The van der Waals surface area contributed by atoms with Crippen LogP contribution in [-0.4, -0.2) is 50.1 Å². The molecule has 1 saturated heterocycles. The molecule has 0 aromatic heterocycles. The maximum Gasteiger partial charge on any atom is 0.254 e. The highest BCUT2D eigenvalue weighted by molar-refractivity contribution is 5.94. The van der Waals surface area contributed by atoms with Crippen LogP contribution in [0.3, 0.4) is 0 Å². The van der Waals surface area contributed by atoms with Crippen LogP contribution in [0.25, 0.3) is 0 Å². The maximum absolute atomic E-state index is 12.5. The van der Waals surface area contributed by atoms with Crippen molar-refractivity contribution in [1.29, 1.82) is 0 Å². The van der Waals surface area contributed by atoms with E-state index in [1.54, 1.807) is 0 Å². The summed E-state index contributed by atoms with van der Waals surface area (Å²) in [5, 5.41) is 3.31. The molecule has 1 aromatic carbocycles. The third-order valence-electron chi connectivity index (χ3n) is 4.16. The molecule has 6 heteroatoms. The van der Waals surface area contributed by atoms with Gasteiger partial charge >= 0.3 is 0 Å². The van der Waals surface area contributed by atoms with Crippen molar-refractivity contribution in [2.24, 2.45) is 0 Å². The molecule has 1 fully saturated rings. The molecule has 1 aromatic rings. The van der Waals surface area contributed by atoms with E-state index >= 15 is 0 Å². The lowest BCUT2D eigenvalue weighted by Gasteiger charge is -2.34. The highest BCUT2D eigenvalue weighted by Gasteiger charge is 2.23. The van der Waals surface area contributed by atoms with Gasteiger partial charge in [0.15, 0.2) is 0 Å². The summed E-state index contributed by atoms with van der Waals surface area (Å²) in [5.41, 5.74) is 1.96. The minimum atomic E-state index is 0. The Morgan fingerprint density at radius 3 is 2.52 bits per heavy atom. The van der Waals surface area contributed by atoms with Crippen LogP contribution in [0, 0.1) is 0 Å². The van der Waals surface area contributed by atoms with Gasteiger partial charge in [0.05, 0.1) is 0 Å². The first-order valence-electron chi connectivity index (χ1n) is 7.96. The average molecular weight is 362 g/mol. The number of carbonyl (C=O) groups excluding carboxylic acids is 1. The monoisotopic (exact) mass is 361 g/mol. The Labute approximate surface area is 152 Å². The van der Waals surface area contributed by atoms with Crippen molar-refractivity contribution in [3.05, 3.63) is 29.8 Å². The summed E-state index contributed by atoms with van der Waals surface area (Å²) < 4.78 is 0. The van der Waals surface area contributed by atoms with Gasteiger partial charge in [0.25, 0.3) is 5.91 Å². The van der Waals surface area contributed by atoms with E-state index in [1.165, 1.54) is 18.5 Å². The molecule has 1 aliphatic heterocycles. The van der Waals surface area contributed by atoms with E-state index in [2.05, 4.69) is 43.2 Å². The number of amides is 1. The number of benzene rings is 1. The van der Waals surface area contributed by atoms with Crippen LogP contribution in [0.4, 0.5) is 5.69 Å². The summed E-state index contributed by atoms with van der Waals surface area (Å²) >= 11 is 0. The van der Waals surface area contributed by atoms with Gasteiger partial charge in [0, 0.05) is 50.5 Å². The highest BCUT2D eigenvalue weighted by Crippen LogP contribution is 2.17. The van der Waals surface area contributed by atoms with Crippen molar-refractivity contribution in [2.45, 2.75) is 32.7 Å². The molecule has 4 nitrogen and oxygen atoms in total. The number of carbonyl (C=O) groups is 1. The van der Waals surface area contributed by atoms with E-state index in [9.17, 15) is 4.79 Å². The summed E-state index contributed by atoms with van der Waals surface area (Å²) in [6.07, 6.45) is 2.39. The number of halogens is 2. The SMILES string of the molecule is CCCCN(C)c1ccc(C(=O)N2CCNCC2C)cc1.Cl.Cl. The lowest BCUT2D eigenvalue weighted by atomic mass is 10.1. The number of hydrogen-bond donors (Lipinski definition) is 1. The second-order valence-corrected chi connectivity index (χ2v) is 5.87. The summed E-state index contributed by atoms with van der Waals surface area (Å²) in [4.78, 5) is 16.8. The first-order chi connectivity index (χ1) is 10.1. The fraction of sp³-hybridized carbons (Fsp3) is 0.588. The van der Waals surface area contributed by atoms with Gasteiger partial charge in [0.2, 0.25) is 0 Å². The predicted octanol–water partition coefficient (Wildman–Crippen LogP) is 3.20. The molecule has 23 heavy (non-hydrogen) atoms. The van der Waals surface area contributed by atoms with Crippen molar-refractivity contribution < 1.29 is 4.79 Å². The number of hydrogen-bond acceptors (Lipinski definition) is 3. The smallest absolute Gasteiger partial charge is 0.254 e. The van der Waals surface area contributed by atoms with Gasteiger partial charge in [-0.2, -0.15) is 0 Å². The van der Waals surface area contributed by atoms with Crippen LogP contribution in [0.2, 0.25) is 0 Å². The first-order valence-corrected chi connectivity index (χ1v) is 7.96. The molecule has 132 valence electrons. The van der Waals surface area contributed by atoms with E-state index < -0.39 is 0 Å². The number of anilines is 1. The van der Waals surface area contributed by atoms with Gasteiger partial charge in [-0.05, 0) is 37.6 Å². The number of piperazine rings is 1. The van der Waals surface area contributed by atoms with Crippen LogP contribution in [-0.2, 0) is 0 Å². The van der Waals surface area contributed by atoms with Crippen molar-refractivity contribution >= 4 is 36.4 Å². The second kappa shape index (κ2) is 10.7. The lowest BCUT2D eigenvalue weighted by Crippen LogP contribution is -2.52.